The largest absolute Gasteiger partial charge is 0.497 e. The summed E-state index contributed by atoms with van der Waals surface area (Å²) in [6, 6.07) is 5.38. The van der Waals surface area contributed by atoms with Crippen LogP contribution < -0.4 is 15.2 Å². The fourth-order valence-electron chi connectivity index (χ4n) is 2.39. The summed E-state index contributed by atoms with van der Waals surface area (Å²) < 4.78 is 10.4. The molecular weight excluding hydrogens is 284 g/mol. The molecule has 1 aliphatic heterocycles. The van der Waals surface area contributed by atoms with Crippen molar-refractivity contribution in [1.82, 2.24) is 4.90 Å². The molecule has 1 aromatic rings. The van der Waals surface area contributed by atoms with Crippen LogP contribution in [-0.4, -0.2) is 44.0 Å². The lowest BCUT2D eigenvalue weighted by molar-refractivity contribution is -0.125. The molecule has 6 nitrogen and oxygen atoms in total. The van der Waals surface area contributed by atoms with Gasteiger partial charge < -0.3 is 20.1 Å². The summed E-state index contributed by atoms with van der Waals surface area (Å²) in [5.41, 5.74) is 6.07. The van der Waals surface area contributed by atoms with Crippen LogP contribution in [0.2, 0.25) is 0 Å². The highest BCUT2D eigenvalue weighted by molar-refractivity contribution is 5.92. The molecule has 0 unspecified atom stereocenters. The van der Waals surface area contributed by atoms with E-state index in [4.69, 9.17) is 15.2 Å². The molecule has 0 bridgehead atoms. The molecule has 0 radical (unpaired) electrons. The van der Waals surface area contributed by atoms with Crippen molar-refractivity contribution in [2.24, 2.45) is 11.7 Å². The van der Waals surface area contributed by atoms with Gasteiger partial charge in [-0.3, -0.25) is 9.59 Å². The van der Waals surface area contributed by atoms with Gasteiger partial charge in [-0.25, -0.2) is 0 Å². The van der Waals surface area contributed by atoms with Crippen LogP contribution in [0.15, 0.2) is 24.3 Å². The summed E-state index contributed by atoms with van der Waals surface area (Å²) in [7, 11) is 3.14. The number of methoxy groups -OCH3 is 2. The van der Waals surface area contributed by atoms with Crippen molar-refractivity contribution in [3.8, 4) is 11.5 Å². The molecule has 2 rings (SSSR count). The minimum Gasteiger partial charge on any atom is -0.497 e. The lowest BCUT2D eigenvalue weighted by Gasteiger charge is -2.13. The van der Waals surface area contributed by atoms with Gasteiger partial charge in [0, 0.05) is 25.2 Å². The molecule has 0 aliphatic carbocycles. The van der Waals surface area contributed by atoms with E-state index < -0.39 is 0 Å². The molecule has 0 spiro atoms. The third kappa shape index (κ3) is 3.78. The standard InChI is InChI=1S/C16H20N2O4/c1-21-13-7-11(8-14(9-13)22-2)3-4-15(19)18-6-5-12(10-18)16(17)20/h3-4,7-9,12H,5-6,10H2,1-2H3,(H2,17,20)/b4-3+/t12-/m1/s1. The Morgan fingerprint density at radius 3 is 2.36 bits per heavy atom. The van der Waals surface area contributed by atoms with Gasteiger partial charge in [-0.1, -0.05) is 0 Å². The number of primary amides is 1. The van der Waals surface area contributed by atoms with E-state index in [1.54, 1.807) is 31.3 Å². The van der Waals surface area contributed by atoms with E-state index >= 15 is 0 Å². The van der Waals surface area contributed by atoms with Crippen LogP contribution in [0.3, 0.4) is 0 Å². The molecule has 1 aromatic carbocycles. The van der Waals surface area contributed by atoms with Crippen molar-refractivity contribution < 1.29 is 19.1 Å². The number of likely N-dealkylation sites (tertiary alicyclic amines) is 1. The fourth-order valence-corrected chi connectivity index (χ4v) is 2.39. The maximum absolute atomic E-state index is 12.1. The molecule has 0 saturated carbocycles. The number of nitrogens with two attached hydrogens (primary N) is 1. The quantitative estimate of drug-likeness (QED) is 0.824. The summed E-state index contributed by atoms with van der Waals surface area (Å²) in [5, 5.41) is 0. The van der Waals surface area contributed by atoms with Gasteiger partial charge >= 0.3 is 0 Å². The number of hydrogen-bond donors (Lipinski definition) is 1. The lowest BCUT2D eigenvalue weighted by Crippen LogP contribution is -2.30. The number of ether oxygens (including phenoxy) is 2. The molecule has 2 N–H and O–H groups in total. The average Bonchev–Trinajstić information content (AvgIpc) is 3.02. The second-order valence-corrected chi connectivity index (χ2v) is 5.15. The predicted molar refractivity (Wildman–Crippen MR) is 82.5 cm³/mol. The molecule has 6 heteroatoms. The lowest BCUT2D eigenvalue weighted by atomic mass is 10.1. The van der Waals surface area contributed by atoms with Crippen LogP contribution in [-0.2, 0) is 9.59 Å². The monoisotopic (exact) mass is 304 g/mol. The number of rotatable bonds is 5. The fraction of sp³-hybridized carbons (Fsp3) is 0.375. The first-order chi connectivity index (χ1) is 10.5. The topological polar surface area (TPSA) is 81.9 Å². The minimum atomic E-state index is -0.350. The number of carbonyl (C=O) groups excluding carboxylic acids is 2. The average molecular weight is 304 g/mol. The minimum absolute atomic E-state index is 0.134. The van der Waals surface area contributed by atoms with Crippen LogP contribution >= 0.6 is 0 Å². The molecule has 0 aromatic heterocycles. The van der Waals surface area contributed by atoms with E-state index in [1.807, 2.05) is 12.1 Å². The van der Waals surface area contributed by atoms with Gasteiger partial charge in [0.1, 0.15) is 11.5 Å². The summed E-state index contributed by atoms with van der Waals surface area (Å²) >= 11 is 0. The Morgan fingerprint density at radius 2 is 1.86 bits per heavy atom. The smallest absolute Gasteiger partial charge is 0.246 e. The van der Waals surface area contributed by atoms with Crippen molar-refractivity contribution in [2.45, 2.75) is 6.42 Å². The Hall–Kier alpha value is -2.50. The highest BCUT2D eigenvalue weighted by Gasteiger charge is 2.28. The first-order valence-corrected chi connectivity index (χ1v) is 7.03. The van der Waals surface area contributed by atoms with E-state index in [-0.39, 0.29) is 17.7 Å². The van der Waals surface area contributed by atoms with E-state index in [9.17, 15) is 9.59 Å². The third-order valence-corrected chi connectivity index (χ3v) is 3.69. The number of nitrogens with zero attached hydrogens (tertiary/aromatic N) is 1. The van der Waals surface area contributed by atoms with Crippen LogP contribution in [0.4, 0.5) is 0 Å². The Labute approximate surface area is 129 Å². The summed E-state index contributed by atoms with van der Waals surface area (Å²) in [6.45, 7) is 0.943. The SMILES string of the molecule is COc1cc(/C=C/C(=O)N2CC[C@@H](C(N)=O)C2)cc(OC)c1. The van der Waals surface area contributed by atoms with Crippen molar-refractivity contribution in [2.75, 3.05) is 27.3 Å². The van der Waals surface area contributed by atoms with E-state index in [2.05, 4.69) is 0 Å². The second-order valence-electron chi connectivity index (χ2n) is 5.15. The maximum Gasteiger partial charge on any atom is 0.246 e. The normalized spacial score (nSPS) is 17.7. The molecule has 22 heavy (non-hydrogen) atoms. The van der Waals surface area contributed by atoms with Gasteiger partial charge in [0.25, 0.3) is 0 Å². The first kappa shape index (κ1) is 15.9. The number of hydrogen-bond acceptors (Lipinski definition) is 4. The predicted octanol–water partition coefficient (Wildman–Crippen LogP) is 1.05. The van der Waals surface area contributed by atoms with E-state index in [0.29, 0.717) is 31.0 Å². The van der Waals surface area contributed by atoms with Crippen LogP contribution in [0.25, 0.3) is 6.08 Å². The van der Waals surface area contributed by atoms with Crippen molar-refractivity contribution >= 4 is 17.9 Å². The molecule has 1 fully saturated rings. The Morgan fingerprint density at radius 1 is 1.23 bits per heavy atom. The molecule has 1 saturated heterocycles. The first-order valence-electron chi connectivity index (χ1n) is 7.03. The van der Waals surface area contributed by atoms with Gasteiger partial charge in [0.05, 0.1) is 20.1 Å². The zero-order valence-electron chi connectivity index (χ0n) is 12.7. The Kier molecular flexibility index (Phi) is 5.04. The van der Waals surface area contributed by atoms with Crippen LogP contribution in [0.1, 0.15) is 12.0 Å². The number of amides is 2. The summed E-state index contributed by atoms with van der Waals surface area (Å²) in [5.74, 6) is 0.583. The molecule has 1 atom stereocenters. The van der Waals surface area contributed by atoms with Gasteiger partial charge in [0.2, 0.25) is 11.8 Å². The van der Waals surface area contributed by atoms with Crippen LogP contribution in [0, 0.1) is 5.92 Å². The Balaban J connectivity index is 2.05. The number of benzene rings is 1. The zero-order chi connectivity index (χ0) is 16.1. The van der Waals surface area contributed by atoms with Crippen LogP contribution in [0.5, 0.6) is 11.5 Å². The molecule has 1 heterocycles. The zero-order valence-corrected chi connectivity index (χ0v) is 12.7. The van der Waals surface area contributed by atoms with Crippen molar-refractivity contribution in [3.63, 3.8) is 0 Å². The van der Waals surface area contributed by atoms with Crippen molar-refractivity contribution in [1.29, 1.82) is 0 Å². The van der Waals surface area contributed by atoms with Crippen molar-refractivity contribution in [3.05, 3.63) is 29.8 Å². The molecule has 1 aliphatic rings. The van der Waals surface area contributed by atoms with Gasteiger partial charge in [-0.2, -0.15) is 0 Å². The maximum atomic E-state index is 12.1. The van der Waals surface area contributed by atoms with Gasteiger partial charge in [-0.05, 0) is 30.2 Å². The Bertz CT molecular complexity index is 576. The summed E-state index contributed by atoms with van der Waals surface area (Å²) in [4.78, 5) is 24.9. The second kappa shape index (κ2) is 6.98. The third-order valence-electron chi connectivity index (χ3n) is 3.69. The molecule has 118 valence electrons. The highest BCUT2D eigenvalue weighted by Crippen LogP contribution is 2.23. The molecule has 2 amide bonds. The number of carbonyl (C=O) groups is 2. The van der Waals surface area contributed by atoms with Gasteiger partial charge in [0.15, 0.2) is 0 Å². The molecular formula is C16H20N2O4. The van der Waals surface area contributed by atoms with E-state index in [0.717, 1.165) is 5.56 Å². The summed E-state index contributed by atoms with van der Waals surface area (Å²) in [6.07, 6.45) is 3.81. The van der Waals surface area contributed by atoms with E-state index in [1.165, 1.54) is 6.08 Å². The van der Waals surface area contributed by atoms with Gasteiger partial charge in [-0.15, -0.1) is 0 Å². The highest BCUT2D eigenvalue weighted by atomic mass is 16.5.